The Bertz CT molecular complexity index is 1350. The van der Waals surface area contributed by atoms with Gasteiger partial charge in [-0.2, -0.15) is 5.26 Å². The van der Waals surface area contributed by atoms with E-state index in [1.165, 1.54) is 6.07 Å². The third kappa shape index (κ3) is 6.66. The highest BCUT2D eigenvalue weighted by Crippen LogP contribution is 2.39. The predicted molar refractivity (Wildman–Crippen MR) is 152 cm³/mol. The number of amides is 2. The van der Waals surface area contributed by atoms with Crippen LogP contribution >= 0.6 is 0 Å². The summed E-state index contributed by atoms with van der Waals surface area (Å²) in [6, 6.07) is 21.3. The molecule has 0 aliphatic rings. The van der Waals surface area contributed by atoms with Crippen molar-refractivity contribution in [1.29, 1.82) is 5.26 Å². The largest absolute Gasteiger partial charge is 0.543 e. The summed E-state index contributed by atoms with van der Waals surface area (Å²) in [4.78, 5) is 26.4. The molecule has 192 valence electrons. The summed E-state index contributed by atoms with van der Waals surface area (Å²) in [5.74, 6) is 0.147. The molecule has 0 radical (unpaired) electrons. The van der Waals surface area contributed by atoms with E-state index in [-0.39, 0.29) is 22.8 Å². The zero-order valence-corrected chi connectivity index (χ0v) is 23.6. The molecule has 0 aliphatic heterocycles. The molecule has 37 heavy (non-hydrogen) atoms. The molecule has 0 aromatic heterocycles. The maximum Gasteiger partial charge on any atom is 0.256 e. The molecule has 0 unspecified atom stereocenters. The van der Waals surface area contributed by atoms with Gasteiger partial charge in [0.25, 0.3) is 11.8 Å². The highest BCUT2D eigenvalue weighted by molar-refractivity contribution is 6.74. The van der Waals surface area contributed by atoms with E-state index in [1.54, 1.807) is 42.5 Å². The van der Waals surface area contributed by atoms with Crippen LogP contribution in [0.5, 0.6) is 5.75 Å². The first-order valence-corrected chi connectivity index (χ1v) is 15.3. The molecular formula is C30H35N3O3Si. The molecule has 2 amide bonds. The number of nitrogens with one attached hydrogen (secondary N) is 2. The molecule has 0 atom stereocenters. The molecule has 7 heteroatoms. The fraction of sp³-hybridized carbons (Fsp3) is 0.300. The Hall–Kier alpha value is -3.89. The predicted octanol–water partition coefficient (Wildman–Crippen LogP) is 7.57. The first-order chi connectivity index (χ1) is 17.3. The summed E-state index contributed by atoms with van der Waals surface area (Å²) < 4.78 is 6.47. The number of carbonyl (C=O) groups is 2. The molecule has 0 saturated carbocycles. The number of rotatable bonds is 7. The van der Waals surface area contributed by atoms with E-state index in [9.17, 15) is 14.9 Å². The van der Waals surface area contributed by atoms with E-state index in [1.807, 2.05) is 38.1 Å². The van der Waals surface area contributed by atoms with E-state index < -0.39 is 8.32 Å². The molecule has 2 N–H and O–H groups in total. The lowest BCUT2D eigenvalue weighted by molar-refractivity contribution is 0.101. The van der Waals surface area contributed by atoms with E-state index in [4.69, 9.17) is 4.43 Å². The molecule has 0 fully saturated rings. The van der Waals surface area contributed by atoms with Crippen LogP contribution in [-0.4, -0.2) is 20.1 Å². The van der Waals surface area contributed by atoms with Crippen molar-refractivity contribution in [2.24, 2.45) is 0 Å². The minimum Gasteiger partial charge on any atom is -0.543 e. The van der Waals surface area contributed by atoms with Gasteiger partial charge in [0.2, 0.25) is 8.32 Å². The number of anilines is 2. The lowest BCUT2D eigenvalue weighted by Crippen LogP contribution is -2.43. The number of hydrogen-bond acceptors (Lipinski definition) is 4. The van der Waals surface area contributed by atoms with Crippen molar-refractivity contribution >= 4 is 31.5 Å². The SMILES string of the molecule is CC(C)c1ccccc1C(=O)Nc1cc(O[Si](C)(C)C(C)(C)C)ccc1NC(=O)c1cccc(C#N)c1. The summed E-state index contributed by atoms with van der Waals surface area (Å²) >= 11 is 0. The molecule has 0 spiro atoms. The Labute approximate surface area is 220 Å². The molecule has 6 nitrogen and oxygen atoms in total. The third-order valence-corrected chi connectivity index (χ3v) is 11.1. The number of nitriles is 1. The fourth-order valence-electron chi connectivity index (χ4n) is 3.57. The molecule has 3 rings (SSSR count). The molecule has 0 bridgehead atoms. The van der Waals surface area contributed by atoms with Gasteiger partial charge in [-0.15, -0.1) is 0 Å². The number of hydrogen-bond donors (Lipinski definition) is 2. The molecule has 0 saturated heterocycles. The van der Waals surface area contributed by atoms with Gasteiger partial charge in [-0.25, -0.2) is 0 Å². The second-order valence-electron chi connectivity index (χ2n) is 10.9. The average Bonchev–Trinajstić information content (AvgIpc) is 2.84. The second-order valence-corrected chi connectivity index (χ2v) is 15.6. The first-order valence-electron chi connectivity index (χ1n) is 12.4. The van der Waals surface area contributed by atoms with Crippen LogP contribution in [0.1, 0.15) is 72.4 Å². The number of carbonyl (C=O) groups excluding carboxylic acids is 2. The van der Waals surface area contributed by atoms with Crippen molar-refractivity contribution in [3.8, 4) is 11.8 Å². The molecule has 0 heterocycles. The van der Waals surface area contributed by atoms with Crippen LogP contribution in [0, 0.1) is 11.3 Å². The first kappa shape index (κ1) is 27.7. The van der Waals surface area contributed by atoms with Gasteiger partial charge in [0.1, 0.15) is 5.75 Å². The van der Waals surface area contributed by atoms with Gasteiger partial charge in [-0.1, -0.05) is 58.9 Å². The quantitative estimate of drug-likeness (QED) is 0.319. The third-order valence-electron chi connectivity index (χ3n) is 6.75. The van der Waals surface area contributed by atoms with Crippen molar-refractivity contribution in [3.63, 3.8) is 0 Å². The summed E-state index contributed by atoms with van der Waals surface area (Å²) in [6.07, 6.45) is 0. The van der Waals surface area contributed by atoms with Crippen LogP contribution in [-0.2, 0) is 0 Å². The van der Waals surface area contributed by atoms with Gasteiger partial charge < -0.3 is 15.1 Å². The van der Waals surface area contributed by atoms with E-state index in [0.717, 1.165) is 5.56 Å². The van der Waals surface area contributed by atoms with Crippen LogP contribution in [0.25, 0.3) is 0 Å². The zero-order valence-electron chi connectivity index (χ0n) is 22.6. The van der Waals surface area contributed by atoms with Gasteiger partial charge in [-0.05, 0) is 66.0 Å². The van der Waals surface area contributed by atoms with Crippen molar-refractivity contribution in [2.45, 2.75) is 58.7 Å². The highest BCUT2D eigenvalue weighted by Gasteiger charge is 2.39. The monoisotopic (exact) mass is 513 g/mol. The molecular weight excluding hydrogens is 478 g/mol. The topological polar surface area (TPSA) is 91.2 Å². The van der Waals surface area contributed by atoms with Crippen LogP contribution < -0.4 is 15.1 Å². The molecule has 3 aromatic carbocycles. The van der Waals surface area contributed by atoms with E-state index in [0.29, 0.717) is 33.8 Å². The summed E-state index contributed by atoms with van der Waals surface area (Å²) in [5, 5.41) is 15.1. The van der Waals surface area contributed by atoms with Crippen molar-refractivity contribution in [2.75, 3.05) is 10.6 Å². The van der Waals surface area contributed by atoms with Gasteiger partial charge in [0, 0.05) is 17.2 Å². The van der Waals surface area contributed by atoms with Crippen molar-refractivity contribution in [3.05, 3.63) is 89.0 Å². The lowest BCUT2D eigenvalue weighted by Gasteiger charge is -2.36. The van der Waals surface area contributed by atoms with Crippen LogP contribution in [0.2, 0.25) is 18.1 Å². The second kappa shape index (κ2) is 11.0. The fourth-order valence-corrected chi connectivity index (χ4v) is 4.59. The number of benzene rings is 3. The van der Waals surface area contributed by atoms with Gasteiger partial charge in [0.05, 0.1) is 23.0 Å². The zero-order chi connectivity index (χ0) is 27.4. The van der Waals surface area contributed by atoms with E-state index >= 15 is 0 Å². The Kier molecular flexibility index (Phi) is 8.24. The lowest BCUT2D eigenvalue weighted by atomic mass is 9.97. The van der Waals surface area contributed by atoms with Crippen molar-refractivity contribution < 1.29 is 14.0 Å². The summed E-state index contributed by atoms with van der Waals surface area (Å²) in [6.45, 7) is 14.9. The standard InChI is InChI=1S/C30H35N3O3Si/c1-20(2)24-13-8-9-14-25(24)29(35)33-27-18-23(36-37(6,7)30(3,4)5)15-16-26(27)32-28(34)22-12-10-11-21(17-22)19-31/h8-18,20H,1-7H3,(H,32,34)(H,33,35). The maximum absolute atomic E-state index is 13.4. The highest BCUT2D eigenvalue weighted by atomic mass is 28.4. The van der Waals surface area contributed by atoms with E-state index in [2.05, 4.69) is 44.5 Å². The Morgan fingerprint density at radius 1 is 0.892 bits per heavy atom. The Morgan fingerprint density at radius 2 is 1.57 bits per heavy atom. The summed E-state index contributed by atoms with van der Waals surface area (Å²) in [7, 11) is -2.14. The number of nitrogens with zero attached hydrogens (tertiary/aromatic N) is 1. The van der Waals surface area contributed by atoms with Gasteiger partial charge in [0.15, 0.2) is 0 Å². The summed E-state index contributed by atoms with van der Waals surface area (Å²) in [5.41, 5.74) is 3.13. The van der Waals surface area contributed by atoms with Crippen LogP contribution in [0.4, 0.5) is 11.4 Å². The smallest absolute Gasteiger partial charge is 0.256 e. The Morgan fingerprint density at radius 3 is 2.22 bits per heavy atom. The maximum atomic E-state index is 13.4. The Balaban J connectivity index is 2.00. The minimum atomic E-state index is -2.14. The minimum absolute atomic E-state index is 0.00867. The van der Waals surface area contributed by atoms with Crippen LogP contribution in [0.15, 0.2) is 66.7 Å². The van der Waals surface area contributed by atoms with Gasteiger partial charge >= 0.3 is 0 Å². The van der Waals surface area contributed by atoms with Crippen LogP contribution in [0.3, 0.4) is 0 Å². The average molecular weight is 514 g/mol. The molecule has 0 aliphatic carbocycles. The molecule has 3 aromatic rings. The van der Waals surface area contributed by atoms with Gasteiger partial charge in [-0.3, -0.25) is 9.59 Å². The normalized spacial score (nSPS) is 11.5. The van der Waals surface area contributed by atoms with Crippen molar-refractivity contribution in [1.82, 2.24) is 0 Å².